The highest BCUT2D eigenvalue weighted by Gasteiger charge is 2.43. The van der Waals surface area contributed by atoms with Crippen LogP contribution in [0.3, 0.4) is 0 Å². The molecule has 2 heterocycles. The van der Waals surface area contributed by atoms with Gasteiger partial charge in [-0.25, -0.2) is 0 Å². The van der Waals surface area contributed by atoms with Crippen LogP contribution in [0.2, 0.25) is 5.02 Å². The highest BCUT2D eigenvalue weighted by atomic mass is 35.5. The van der Waals surface area contributed by atoms with E-state index in [4.69, 9.17) is 20.8 Å². The van der Waals surface area contributed by atoms with Crippen LogP contribution in [0.25, 0.3) is 11.0 Å². The number of nitrogens with zero attached hydrogens (tertiary/aromatic N) is 1. The number of benzene rings is 4. The minimum Gasteiger partial charge on any atom is -0.489 e. The van der Waals surface area contributed by atoms with Crippen LogP contribution in [0.5, 0.6) is 5.75 Å². The number of carbonyl (C=O) groups excluding carboxylic acids is 1. The molecule has 0 N–H and O–H groups in total. The lowest BCUT2D eigenvalue weighted by molar-refractivity contribution is 0.0971. The average Bonchev–Trinajstić information content (AvgIpc) is 3.21. The Bertz CT molecular complexity index is 1660. The first kappa shape index (κ1) is 22.1. The van der Waals surface area contributed by atoms with Gasteiger partial charge >= 0.3 is 0 Å². The van der Waals surface area contributed by atoms with Crippen LogP contribution in [-0.4, -0.2) is 5.91 Å². The second-order valence-corrected chi connectivity index (χ2v) is 9.01. The summed E-state index contributed by atoms with van der Waals surface area (Å²) in [6, 6.07) is 30.6. The predicted octanol–water partition coefficient (Wildman–Crippen LogP) is 6.78. The van der Waals surface area contributed by atoms with Gasteiger partial charge in [-0.1, -0.05) is 72.3 Å². The molecular formula is C30H20ClNO4. The second kappa shape index (κ2) is 9.02. The highest BCUT2D eigenvalue weighted by Crippen LogP contribution is 2.42. The van der Waals surface area contributed by atoms with Crippen LogP contribution in [0.1, 0.15) is 33.3 Å². The van der Waals surface area contributed by atoms with Crippen LogP contribution in [0, 0.1) is 0 Å². The number of anilines is 1. The van der Waals surface area contributed by atoms with Crippen LogP contribution in [0.4, 0.5) is 5.69 Å². The normalized spacial score (nSPS) is 14.8. The molecule has 1 amide bonds. The van der Waals surface area contributed by atoms with Crippen molar-refractivity contribution in [2.45, 2.75) is 12.6 Å². The molecule has 0 bridgehead atoms. The molecule has 0 radical (unpaired) electrons. The zero-order valence-corrected chi connectivity index (χ0v) is 19.8. The van der Waals surface area contributed by atoms with E-state index in [0.717, 1.165) is 11.1 Å². The number of para-hydroxylation sites is 1. The lowest BCUT2D eigenvalue weighted by Gasteiger charge is -2.25. The summed E-state index contributed by atoms with van der Waals surface area (Å²) in [4.78, 5) is 29.0. The Labute approximate surface area is 212 Å². The van der Waals surface area contributed by atoms with Crippen molar-refractivity contribution < 1.29 is 13.9 Å². The summed E-state index contributed by atoms with van der Waals surface area (Å²) in [5.74, 6) is 0.281. The number of halogens is 1. The molecule has 5 aromatic rings. The van der Waals surface area contributed by atoms with Crippen LogP contribution < -0.4 is 15.1 Å². The molecule has 0 saturated carbocycles. The van der Waals surface area contributed by atoms with E-state index in [0.29, 0.717) is 39.6 Å². The summed E-state index contributed by atoms with van der Waals surface area (Å²) in [7, 11) is 0. The first-order chi connectivity index (χ1) is 17.6. The zero-order chi connectivity index (χ0) is 24.6. The number of hydrogen-bond acceptors (Lipinski definition) is 4. The largest absolute Gasteiger partial charge is 0.489 e. The van der Waals surface area contributed by atoms with Gasteiger partial charge in [0.1, 0.15) is 17.9 Å². The van der Waals surface area contributed by atoms with E-state index >= 15 is 0 Å². The van der Waals surface area contributed by atoms with Crippen molar-refractivity contribution in [1.82, 2.24) is 0 Å². The van der Waals surface area contributed by atoms with E-state index in [9.17, 15) is 9.59 Å². The number of fused-ring (bicyclic) bond motifs is 2. The van der Waals surface area contributed by atoms with E-state index in [1.165, 1.54) is 0 Å². The number of amides is 1. The van der Waals surface area contributed by atoms with Gasteiger partial charge in [-0.3, -0.25) is 14.5 Å². The maximum absolute atomic E-state index is 13.7. The monoisotopic (exact) mass is 493 g/mol. The van der Waals surface area contributed by atoms with Crippen LogP contribution in [-0.2, 0) is 6.61 Å². The first-order valence-electron chi connectivity index (χ1n) is 11.5. The average molecular weight is 494 g/mol. The van der Waals surface area contributed by atoms with Gasteiger partial charge in [0.2, 0.25) is 5.76 Å². The molecule has 5 nitrogen and oxygen atoms in total. The van der Waals surface area contributed by atoms with E-state index < -0.39 is 11.9 Å². The summed E-state index contributed by atoms with van der Waals surface area (Å²) < 4.78 is 12.1. The topological polar surface area (TPSA) is 59.8 Å². The van der Waals surface area contributed by atoms with Gasteiger partial charge in [0.05, 0.1) is 17.0 Å². The Kier molecular flexibility index (Phi) is 5.55. The third kappa shape index (κ3) is 3.84. The first-order valence-corrected chi connectivity index (χ1v) is 11.9. The summed E-state index contributed by atoms with van der Waals surface area (Å²) in [6.07, 6.45) is 0. The Balaban J connectivity index is 1.49. The Morgan fingerprint density at radius 2 is 1.61 bits per heavy atom. The molecule has 1 atom stereocenters. The molecule has 1 aliphatic heterocycles. The maximum atomic E-state index is 13.7. The molecule has 1 aliphatic rings. The molecule has 1 aromatic heterocycles. The van der Waals surface area contributed by atoms with Crippen LogP contribution >= 0.6 is 11.6 Å². The lowest BCUT2D eigenvalue weighted by Crippen LogP contribution is -2.29. The van der Waals surface area contributed by atoms with Crippen molar-refractivity contribution in [3.8, 4) is 5.75 Å². The molecule has 4 aromatic carbocycles. The number of ether oxygens (including phenoxy) is 1. The summed E-state index contributed by atoms with van der Waals surface area (Å²) in [5, 5.41) is 0.915. The smallest absolute Gasteiger partial charge is 0.295 e. The van der Waals surface area contributed by atoms with Crippen molar-refractivity contribution >= 4 is 34.2 Å². The number of hydrogen-bond donors (Lipinski definition) is 0. The highest BCUT2D eigenvalue weighted by molar-refractivity contribution is 6.31. The van der Waals surface area contributed by atoms with Crippen LogP contribution in [0.15, 0.2) is 112 Å². The lowest BCUT2D eigenvalue weighted by atomic mass is 9.98. The number of carbonyl (C=O) groups is 1. The van der Waals surface area contributed by atoms with E-state index in [1.54, 1.807) is 53.4 Å². The van der Waals surface area contributed by atoms with Gasteiger partial charge in [0.25, 0.3) is 5.91 Å². The molecule has 0 saturated heterocycles. The van der Waals surface area contributed by atoms with E-state index in [1.807, 2.05) is 54.6 Å². The minimum absolute atomic E-state index is 0.0410. The molecule has 6 heteroatoms. The Hall–Kier alpha value is -4.35. The molecule has 0 aliphatic carbocycles. The SMILES string of the molecule is O=C1c2oc3ccccc3c(=O)c2C(c2cccc(OCc3ccccc3)c2)N1c1cccc(Cl)c1. The molecule has 6 rings (SSSR count). The Morgan fingerprint density at radius 1 is 0.833 bits per heavy atom. The zero-order valence-electron chi connectivity index (χ0n) is 19.1. The third-order valence-electron chi connectivity index (χ3n) is 6.29. The number of rotatable bonds is 5. The van der Waals surface area contributed by atoms with Gasteiger partial charge in [-0.2, -0.15) is 0 Å². The molecular weight excluding hydrogens is 474 g/mol. The van der Waals surface area contributed by atoms with Crippen molar-refractivity contribution in [2.75, 3.05) is 4.90 Å². The molecule has 176 valence electrons. The summed E-state index contributed by atoms with van der Waals surface area (Å²) in [5.41, 5.74) is 2.79. The fourth-order valence-corrected chi connectivity index (χ4v) is 4.83. The van der Waals surface area contributed by atoms with Gasteiger partial charge in [0, 0.05) is 10.7 Å². The fraction of sp³-hybridized carbons (Fsp3) is 0.0667. The van der Waals surface area contributed by atoms with Gasteiger partial charge in [-0.05, 0) is 53.6 Å². The van der Waals surface area contributed by atoms with Gasteiger partial charge in [0.15, 0.2) is 5.43 Å². The standard InChI is InChI=1S/C30H20ClNO4/c31-21-11-7-12-22(17-21)32-27(20-10-6-13-23(16-20)35-18-19-8-2-1-3-9-19)26-28(33)24-14-4-5-15-25(24)36-29(26)30(32)34/h1-17,27H,18H2. The summed E-state index contributed by atoms with van der Waals surface area (Å²) >= 11 is 6.27. The van der Waals surface area contributed by atoms with Crippen molar-refractivity contribution in [3.63, 3.8) is 0 Å². The summed E-state index contributed by atoms with van der Waals surface area (Å²) in [6.45, 7) is 0.398. The molecule has 36 heavy (non-hydrogen) atoms. The quantitative estimate of drug-likeness (QED) is 0.271. The van der Waals surface area contributed by atoms with E-state index in [-0.39, 0.29) is 11.2 Å². The minimum atomic E-state index is -0.702. The second-order valence-electron chi connectivity index (χ2n) is 8.57. The third-order valence-corrected chi connectivity index (χ3v) is 6.52. The fourth-order valence-electron chi connectivity index (χ4n) is 4.64. The van der Waals surface area contributed by atoms with Crippen molar-refractivity contribution in [2.24, 2.45) is 0 Å². The predicted molar refractivity (Wildman–Crippen MR) is 140 cm³/mol. The Morgan fingerprint density at radius 3 is 2.44 bits per heavy atom. The molecule has 0 fully saturated rings. The van der Waals surface area contributed by atoms with Crippen molar-refractivity contribution in [3.05, 3.63) is 141 Å². The van der Waals surface area contributed by atoms with E-state index in [2.05, 4.69) is 0 Å². The maximum Gasteiger partial charge on any atom is 0.295 e. The molecule has 1 unspecified atom stereocenters. The van der Waals surface area contributed by atoms with Crippen molar-refractivity contribution in [1.29, 1.82) is 0 Å². The van der Waals surface area contributed by atoms with Gasteiger partial charge in [-0.15, -0.1) is 0 Å². The van der Waals surface area contributed by atoms with Gasteiger partial charge < -0.3 is 9.15 Å². The molecule has 0 spiro atoms.